The number of ether oxygens (including phenoxy) is 1. The Bertz CT molecular complexity index is 332. The standard InChI is InChI=1S/C17H26O2/c18-16(8-12-1-3-19-4-2-12)17-9-13-5-14(10-17)7-15(6-13)11-17/h12-15H,1-11H2. The van der Waals surface area contributed by atoms with Gasteiger partial charge in [0.25, 0.3) is 0 Å². The number of hydrogen-bond acceptors (Lipinski definition) is 2. The van der Waals surface area contributed by atoms with E-state index in [-0.39, 0.29) is 5.41 Å². The van der Waals surface area contributed by atoms with Crippen LogP contribution in [0.25, 0.3) is 0 Å². The lowest BCUT2D eigenvalue weighted by molar-refractivity contribution is -0.145. The van der Waals surface area contributed by atoms with E-state index in [4.69, 9.17) is 4.74 Å². The molecule has 4 aliphatic carbocycles. The van der Waals surface area contributed by atoms with Crippen LogP contribution in [-0.4, -0.2) is 19.0 Å². The normalized spacial score (nSPS) is 45.6. The first-order valence-electron chi connectivity index (χ1n) is 8.34. The van der Waals surface area contributed by atoms with E-state index >= 15 is 0 Å². The van der Waals surface area contributed by atoms with Crippen molar-refractivity contribution in [1.82, 2.24) is 0 Å². The fourth-order valence-corrected chi connectivity index (χ4v) is 5.88. The number of Topliss-reactive ketones (excluding diaryl/α,β-unsaturated/α-hetero) is 1. The van der Waals surface area contributed by atoms with Crippen LogP contribution in [0.1, 0.15) is 57.8 Å². The van der Waals surface area contributed by atoms with Crippen LogP contribution in [0, 0.1) is 29.1 Å². The molecule has 0 unspecified atom stereocenters. The Balaban J connectivity index is 1.47. The Labute approximate surface area is 116 Å². The van der Waals surface area contributed by atoms with Crippen molar-refractivity contribution in [1.29, 1.82) is 0 Å². The second-order valence-electron chi connectivity index (χ2n) is 7.88. The number of hydrogen-bond donors (Lipinski definition) is 0. The highest BCUT2D eigenvalue weighted by Gasteiger charge is 2.54. The van der Waals surface area contributed by atoms with Crippen molar-refractivity contribution in [2.24, 2.45) is 29.1 Å². The van der Waals surface area contributed by atoms with Crippen molar-refractivity contribution in [3.8, 4) is 0 Å². The first kappa shape index (κ1) is 12.4. The van der Waals surface area contributed by atoms with Crippen LogP contribution in [0.4, 0.5) is 0 Å². The van der Waals surface area contributed by atoms with E-state index in [1.165, 1.54) is 38.5 Å². The molecule has 0 aromatic carbocycles. The number of carbonyl (C=O) groups is 1. The molecular weight excluding hydrogens is 236 g/mol. The molecule has 0 aromatic rings. The molecule has 4 saturated carbocycles. The Morgan fingerprint density at radius 1 is 0.947 bits per heavy atom. The van der Waals surface area contributed by atoms with Gasteiger partial charge in [-0.2, -0.15) is 0 Å². The van der Waals surface area contributed by atoms with Gasteiger partial charge < -0.3 is 4.74 Å². The SMILES string of the molecule is O=C(CC1CCOCC1)C12CC3CC(CC(C3)C1)C2. The number of rotatable bonds is 3. The predicted molar refractivity (Wildman–Crippen MR) is 73.8 cm³/mol. The van der Waals surface area contributed by atoms with Gasteiger partial charge in [-0.15, -0.1) is 0 Å². The van der Waals surface area contributed by atoms with Crippen molar-refractivity contribution in [3.05, 3.63) is 0 Å². The number of carbonyl (C=O) groups excluding carboxylic acids is 1. The Morgan fingerprint density at radius 2 is 1.47 bits per heavy atom. The highest BCUT2D eigenvalue weighted by Crippen LogP contribution is 2.60. The molecule has 0 aromatic heterocycles. The van der Waals surface area contributed by atoms with E-state index in [2.05, 4.69) is 0 Å². The predicted octanol–water partition coefficient (Wildman–Crippen LogP) is 3.59. The largest absolute Gasteiger partial charge is 0.381 e. The number of ketones is 1. The summed E-state index contributed by atoms with van der Waals surface area (Å²) in [7, 11) is 0. The first-order valence-corrected chi connectivity index (χ1v) is 8.34. The molecule has 0 spiro atoms. The van der Waals surface area contributed by atoms with E-state index in [1.807, 2.05) is 0 Å². The first-order chi connectivity index (χ1) is 9.23. The molecular formula is C17H26O2. The Hall–Kier alpha value is -0.370. The molecule has 1 saturated heterocycles. The Morgan fingerprint density at radius 3 is 2.00 bits per heavy atom. The Kier molecular flexibility index (Phi) is 2.98. The molecule has 4 bridgehead atoms. The summed E-state index contributed by atoms with van der Waals surface area (Å²) in [6, 6.07) is 0. The van der Waals surface area contributed by atoms with Gasteiger partial charge in [0.1, 0.15) is 5.78 Å². The van der Waals surface area contributed by atoms with Gasteiger partial charge in [-0.05, 0) is 75.0 Å². The molecule has 5 fully saturated rings. The lowest BCUT2D eigenvalue weighted by Gasteiger charge is -2.56. The monoisotopic (exact) mass is 262 g/mol. The van der Waals surface area contributed by atoms with E-state index in [1.54, 1.807) is 0 Å². The van der Waals surface area contributed by atoms with Gasteiger partial charge in [-0.1, -0.05) is 0 Å². The van der Waals surface area contributed by atoms with Crippen molar-refractivity contribution < 1.29 is 9.53 Å². The average molecular weight is 262 g/mol. The summed E-state index contributed by atoms with van der Waals surface area (Å²) in [5.74, 6) is 3.94. The summed E-state index contributed by atoms with van der Waals surface area (Å²) in [4.78, 5) is 12.9. The van der Waals surface area contributed by atoms with Crippen molar-refractivity contribution >= 4 is 5.78 Å². The smallest absolute Gasteiger partial charge is 0.139 e. The minimum absolute atomic E-state index is 0.132. The van der Waals surface area contributed by atoms with E-state index in [0.29, 0.717) is 11.7 Å². The highest BCUT2D eigenvalue weighted by molar-refractivity contribution is 5.85. The molecule has 0 amide bonds. The van der Waals surface area contributed by atoms with E-state index in [0.717, 1.165) is 50.2 Å². The second kappa shape index (κ2) is 4.58. The molecule has 0 radical (unpaired) electrons. The van der Waals surface area contributed by atoms with Crippen LogP contribution in [0.2, 0.25) is 0 Å². The third-order valence-corrected chi connectivity index (χ3v) is 6.44. The topological polar surface area (TPSA) is 26.3 Å². The molecule has 1 heterocycles. The maximum Gasteiger partial charge on any atom is 0.139 e. The van der Waals surface area contributed by atoms with Gasteiger partial charge in [0.05, 0.1) is 0 Å². The molecule has 0 atom stereocenters. The van der Waals surface area contributed by atoms with Crippen LogP contribution in [0.5, 0.6) is 0 Å². The van der Waals surface area contributed by atoms with Crippen LogP contribution in [0.3, 0.4) is 0 Å². The lowest BCUT2D eigenvalue weighted by atomic mass is 9.48. The summed E-state index contributed by atoms with van der Waals surface area (Å²) >= 11 is 0. The molecule has 5 rings (SSSR count). The summed E-state index contributed by atoms with van der Waals surface area (Å²) < 4.78 is 5.42. The van der Waals surface area contributed by atoms with Gasteiger partial charge in [0, 0.05) is 25.0 Å². The maximum absolute atomic E-state index is 12.9. The van der Waals surface area contributed by atoms with Crippen LogP contribution >= 0.6 is 0 Å². The van der Waals surface area contributed by atoms with Gasteiger partial charge >= 0.3 is 0 Å². The lowest BCUT2D eigenvalue weighted by Crippen LogP contribution is -2.50. The summed E-state index contributed by atoms with van der Waals surface area (Å²) in [6.45, 7) is 1.75. The molecule has 5 aliphatic rings. The zero-order chi connectivity index (χ0) is 12.9. The molecule has 106 valence electrons. The zero-order valence-electron chi connectivity index (χ0n) is 11.9. The highest BCUT2D eigenvalue weighted by atomic mass is 16.5. The van der Waals surface area contributed by atoms with Crippen LogP contribution < -0.4 is 0 Å². The van der Waals surface area contributed by atoms with Gasteiger partial charge in [-0.25, -0.2) is 0 Å². The van der Waals surface area contributed by atoms with Crippen molar-refractivity contribution in [2.45, 2.75) is 57.8 Å². The molecule has 2 heteroatoms. The third kappa shape index (κ3) is 2.16. The van der Waals surface area contributed by atoms with Gasteiger partial charge in [0.2, 0.25) is 0 Å². The molecule has 19 heavy (non-hydrogen) atoms. The van der Waals surface area contributed by atoms with E-state index in [9.17, 15) is 4.79 Å². The fraction of sp³-hybridized carbons (Fsp3) is 0.941. The molecule has 0 N–H and O–H groups in total. The average Bonchev–Trinajstić information content (AvgIpc) is 2.38. The zero-order valence-corrected chi connectivity index (χ0v) is 11.9. The minimum Gasteiger partial charge on any atom is -0.381 e. The van der Waals surface area contributed by atoms with Gasteiger partial charge in [0.15, 0.2) is 0 Å². The molecule has 1 aliphatic heterocycles. The minimum atomic E-state index is 0.132. The van der Waals surface area contributed by atoms with Gasteiger partial charge in [-0.3, -0.25) is 4.79 Å². The van der Waals surface area contributed by atoms with Crippen molar-refractivity contribution in [2.75, 3.05) is 13.2 Å². The molecule has 2 nitrogen and oxygen atoms in total. The van der Waals surface area contributed by atoms with Crippen LogP contribution in [0.15, 0.2) is 0 Å². The quantitative estimate of drug-likeness (QED) is 0.777. The third-order valence-electron chi connectivity index (χ3n) is 6.44. The summed E-state index contributed by atoms with van der Waals surface area (Å²) in [6.07, 6.45) is 11.1. The second-order valence-corrected chi connectivity index (χ2v) is 7.88. The summed E-state index contributed by atoms with van der Waals surface area (Å²) in [5.41, 5.74) is 0.132. The maximum atomic E-state index is 12.9. The van der Waals surface area contributed by atoms with Crippen LogP contribution in [-0.2, 0) is 9.53 Å². The summed E-state index contributed by atoms with van der Waals surface area (Å²) in [5, 5.41) is 0. The van der Waals surface area contributed by atoms with Crippen molar-refractivity contribution in [3.63, 3.8) is 0 Å². The van der Waals surface area contributed by atoms with E-state index < -0.39 is 0 Å². The fourth-order valence-electron chi connectivity index (χ4n) is 5.88.